The van der Waals surface area contributed by atoms with Gasteiger partial charge in [0.1, 0.15) is 0 Å². The van der Waals surface area contributed by atoms with E-state index in [1.165, 1.54) is 5.56 Å². The molecule has 19 heavy (non-hydrogen) atoms. The van der Waals surface area contributed by atoms with E-state index in [4.69, 9.17) is 0 Å². The van der Waals surface area contributed by atoms with Crippen molar-refractivity contribution >= 4 is 0 Å². The van der Waals surface area contributed by atoms with E-state index in [1.807, 2.05) is 14.1 Å². The molecule has 0 fully saturated rings. The quantitative estimate of drug-likeness (QED) is 0.894. The number of aliphatic hydroxyl groups excluding tert-OH is 1. The van der Waals surface area contributed by atoms with Crippen LogP contribution in [0.2, 0.25) is 0 Å². The maximum atomic E-state index is 10.7. The normalized spacial score (nSPS) is 17.3. The van der Waals surface area contributed by atoms with Crippen LogP contribution in [0.5, 0.6) is 0 Å². The van der Waals surface area contributed by atoms with Crippen LogP contribution >= 0.6 is 0 Å². The average molecular weight is 263 g/mol. The molecule has 0 heterocycles. The van der Waals surface area contributed by atoms with Gasteiger partial charge in [0.15, 0.2) is 0 Å². The van der Waals surface area contributed by atoms with E-state index in [9.17, 15) is 5.11 Å². The molecule has 0 saturated carbocycles. The molecule has 1 rings (SSSR count). The molecule has 108 valence electrons. The van der Waals surface area contributed by atoms with Gasteiger partial charge in [0.2, 0.25) is 0 Å². The summed E-state index contributed by atoms with van der Waals surface area (Å²) in [6.45, 7) is 10.8. The van der Waals surface area contributed by atoms with E-state index in [1.54, 1.807) is 0 Å². The zero-order valence-electron chi connectivity index (χ0n) is 13.5. The second kappa shape index (κ2) is 5.64. The molecule has 0 aliphatic heterocycles. The number of benzene rings is 1. The van der Waals surface area contributed by atoms with Gasteiger partial charge < -0.3 is 10.0 Å². The molecule has 2 heteroatoms. The lowest BCUT2D eigenvalue weighted by Crippen LogP contribution is -2.46. The van der Waals surface area contributed by atoms with Crippen molar-refractivity contribution in [1.82, 2.24) is 4.90 Å². The number of rotatable bonds is 4. The van der Waals surface area contributed by atoms with Crippen LogP contribution in [0.3, 0.4) is 0 Å². The van der Waals surface area contributed by atoms with Crippen LogP contribution in [0.1, 0.15) is 58.3 Å². The molecule has 0 aromatic heterocycles. The van der Waals surface area contributed by atoms with Gasteiger partial charge in [-0.15, -0.1) is 0 Å². The highest BCUT2D eigenvalue weighted by atomic mass is 16.3. The fourth-order valence-corrected chi connectivity index (χ4v) is 2.28. The van der Waals surface area contributed by atoms with Gasteiger partial charge in [-0.2, -0.15) is 0 Å². The van der Waals surface area contributed by atoms with E-state index < -0.39 is 6.10 Å². The van der Waals surface area contributed by atoms with E-state index in [-0.39, 0.29) is 11.0 Å². The van der Waals surface area contributed by atoms with Crippen LogP contribution in [0, 0.1) is 0 Å². The Bertz CT molecular complexity index is 402. The van der Waals surface area contributed by atoms with Crippen molar-refractivity contribution in [2.75, 3.05) is 14.1 Å². The fourth-order valence-electron chi connectivity index (χ4n) is 2.28. The lowest BCUT2D eigenvalue weighted by molar-refractivity contribution is 0.000851. The second-order valence-corrected chi connectivity index (χ2v) is 6.88. The van der Waals surface area contributed by atoms with Gasteiger partial charge in [-0.1, -0.05) is 52.0 Å². The molecule has 0 saturated heterocycles. The number of aliphatic hydroxyl groups is 1. The first-order valence-corrected chi connectivity index (χ1v) is 7.09. The number of likely N-dealkylation sites (N-methyl/N-ethyl adjacent to an activating group) is 1. The lowest BCUT2D eigenvalue weighted by Gasteiger charge is -2.40. The van der Waals surface area contributed by atoms with E-state index in [0.717, 1.165) is 12.0 Å². The summed E-state index contributed by atoms with van der Waals surface area (Å²) in [6, 6.07) is 8.37. The van der Waals surface area contributed by atoms with E-state index in [0.29, 0.717) is 0 Å². The molecule has 2 nitrogen and oxygen atoms in total. The number of nitrogens with zero attached hydrogens (tertiary/aromatic N) is 1. The summed E-state index contributed by atoms with van der Waals surface area (Å²) in [7, 11) is 4.05. The first-order chi connectivity index (χ1) is 8.63. The summed E-state index contributed by atoms with van der Waals surface area (Å²) >= 11 is 0. The minimum Gasteiger partial charge on any atom is -0.386 e. The van der Waals surface area contributed by atoms with Gasteiger partial charge in [-0.25, -0.2) is 0 Å². The molecule has 0 amide bonds. The molecule has 0 radical (unpaired) electrons. The molecule has 2 atom stereocenters. The molecule has 0 bridgehead atoms. The maximum Gasteiger partial charge on any atom is 0.0970 e. The zero-order chi connectivity index (χ0) is 14.8. The Morgan fingerprint density at radius 3 is 1.84 bits per heavy atom. The van der Waals surface area contributed by atoms with Crippen LogP contribution in [0.4, 0.5) is 0 Å². The molecule has 1 aromatic rings. The molecular formula is C17H29NO. The highest BCUT2D eigenvalue weighted by molar-refractivity contribution is 5.30. The third kappa shape index (κ3) is 3.37. The molecular weight excluding hydrogens is 234 g/mol. The Kier molecular flexibility index (Phi) is 4.81. The van der Waals surface area contributed by atoms with Crippen LogP contribution in [0.25, 0.3) is 0 Å². The summed E-state index contributed by atoms with van der Waals surface area (Å²) in [6.07, 6.45) is 0.434. The molecule has 0 spiro atoms. The maximum absolute atomic E-state index is 10.7. The van der Waals surface area contributed by atoms with Gasteiger partial charge in [0.05, 0.1) is 6.10 Å². The second-order valence-electron chi connectivity index (χ2n) is 6.88. The highest BCUT2D eigenvalue weighted by Crippen LogP contribution is 2.33. The summed E-state index contributed by atoms with van der Waals surface area (Å²) in [5.74, 6) is 0. The van der Waals surface area contributed by atoms with Crippen LogP contribution in [-0.4, -0.2) is 29.6 Å². The fraction of sp³-hybridized carbons (Fsp3) is 0.647. The summed E-state index contributed by atoms with van der Waals surface area (Å²) < 4.78 is 0. The van der Waals surface area contributed by atoms with E-state index in [2.05, 4.69) is 63.8 Å². The minimum absolute atomic E-state index is 0.152. The topological polar surface area (TPSA) is 23.5 Å². The average Bonchev–Trinajstić information content (AvgIpc) is 2.35. The Hall–Kier alpha value is -0.860. The number of hydrogen-bond acceptors (Lipinski definition) is 2. The standard InChI is InChI=1S/C17H29NO/c1-8-17(5,18(6)7)15(19)13-9-11-14(12-10-13)16(2,3)4/h9-12,15,19H,8H2,1-7H3. The van der Waals surface area contributed by atoms with Gasteiger partial charge in [0.25, 0.3) is 0 Å². The Balaban J connectivity index is 3.04. The van der Waals surface area contributed by atoms with Crippen molar-refractivity contribution in [2.45, 2.75) is 58.1 Å². The lowest BCUT2D eigenvalue weighted by atomic mass is 9.83. The van der Waals surface area contributed by atoms with Crippen molar-refractivity contribution in [3.05, 3.63) is 35.4 Å². The SMILES string of the molecule is CCC(C)(C(O)c1ccc(C(C)(C)C)cc1)N(C)C. The first kappa shape index (κ1) is 16.2. The summed E-state index contributed by atoms with van der Waals surface area (Å²) in [4.78, 5) is 2.11. The zero-order valence-corrected chi connectivity index (χ0v) is 13.5. The Morgan fingerprint density at radius 1 is 1.05 bits per heavy atom. The number of hydrogen-bond donors (Lipinski definition) is 1. The largest absolute Gasteiger partial charge is 0.386 e. The molecule has 1 N–H and O–H groups in total. The Labute approximate surface area is 118 Å². The third-order valence-corrected chi connectivity index (χ3v) is 4.42. The molecule has 1 aromatic carbocycles. The van der Waals surface area contributed by atoms with Crippen molar-refractivity contribution in [3.8, 4) is 0 Å². The monoisotopic (exact) mass is 263 g/mol. The minimum atomic E-state index is -0.471. The van der Waals surface area contributed by atoms with Gasteiger partial charge in [0, 0.05) is 5.54 Å². The first-order valence-electron chi connectivity index (χ1n) is 7.09. The molecule has 0 aliphatic carbocycles. The van der Waals surface area contributed by atoms with Crippen molar-refractivity contribution in [1.29, 1.82) is 0 Å². The molecule has 2 unspecified atom stereocenters. The van der Waals surface area contributed by atoms with Crippen LogP contribution < -0.4 is 0 Å². The Morgan fingerprint density at radius 2 is 1.53 bits per heavy atom. The van der Waals surface area contributed by atoms with Crippen molar-refractivity contribution in [3.63, 3.8) is 0 Å². The molecule has 0 aliphatic rings. The van der Waals surface area contributed by atoms with Crippen molar-refractivity contribution in [2.24, 2.45) is 0 Å². The summed E-state index contributed by atoms with van der Waals surface area (Å²) in [5, 5.41) is 10.7. The van der Waals surface area contributed by atoms with Crippen molar-refractivity contribution < 1.29 is 5.11 Å². The van der Waals surface area contributed by atoms with Crippen LogP contribution in [0.15, 0.2) is 24.3 Å². The van der Waals surface area contributed by atoms with Gasteiger partial charge >= 0.3 is 0 Å². The van der Waals surface area contributed by atoms with Crippen LogP contribution in [-0.2, 0) is 5.41 Å². The van der Waals surface area contributed by atoms with E-state index >= 15 is 0 Å². The highest BCUT2D eigenvalue weighted by Gasteiger charge is 2.34. The summed E-state index contributed by atoms with van der Waals surface area (Å²) in [5.41, 5.74) is 2.21. The smallest absolute Gasteiger partial charge is 0.0970 e. The van der Waals surface area contributed by atoms with Gasteiger partial charge in [-0.3, -0.25) is 0 Å². The van der Waals surface area contributed by atoms with Gasteiger partial charge in [-0.05, 0) is 44.0 Å². The predicted molar refractivity (Wildman–Crippen MR) is 82.5 cm³/mol. The third-order valence-electron chi connectivity index (χ3n) is 4.42. The predicted octanol–water partition coefficient (Wildman–Crippen LogP) is 3.75.